The van der Waals surface area contributed by atoms with E-state index in [1.807, 2.05) is 5.38 Å². The van der Waals surface area contributed by atoms with Gasteiger partial charge < -0.3 is 9.52 Å². The number of hydrogen-bond acceptors (Lipinski definition) is 5. The number of furan rings is 1. The first-order valence-corrected chi connectivity index (χ1v) is 6.96. The third-order valence-electron chi connectivity index (χ3n) is 2.56. The van der Waals surface area contributed by atoms with E-state index < -0.39 is 5.97 Å². The number of aliphatic carboxylic acids is 1. The summed E-state index contributed by atoms with van der Waals surface area (Å²) in [6, 6.07) is 3.32. The third kappa shape index (κ3) is 3.92. The average molecular weight is 294 g/mol. The summed E-state index contributed by atoms with van der Waals surface area (Å²) in [7, 11) is 0. The molecule has 2 heterocycles. The minimum atomic E-state index is -0.818. The second-order valence-corrected chi connectivity index (χ2v) is 5.11. The molecular formula is C13H14N2O4S. The minimum absolute atomic E-state index is 0.116. The van der Waals surface area contributed by atoms with Gasteiger partial charge in [-0.25, -0.2) is 4.98 Å². The number of thiazole rings is 1. The fourth-order valence-electron chi connectivity index (χ4n) is 1.62. The fourth-order valence-corrected chi connectivity index (χ4v) is 2.36. The Bertz CT molecular complexity index is 617. The van der Waals surface area contributed by atoms with Gasteiger partial charge in [0.05, 0.1) is 5.69 Å². The van der Waals surface area contributed by atoms with Crippen molar-refractivity contribution in [3.8, 4) is 0 Å². The second-order valence-electron chi connectivity index (χ2n) is 4.26. The third-order valence-corrected chi connectivity index (χ3v) is 3.37. The zero-order valence-electron chi connectivity index (χ0n) is 10.9. The Morgan fingerprint density at radius 1 is 1.45 bits per heavy atom. The Morgan fingerprint density at radius 3 is 2.90 bits per heavy atom. The number of amides is 1. The Balaban J connectivity index is 1.89. The summed E-state index contributed by atoms with van der Waals surface area (Å²) in [5, 5.41) is 13.5. The summed E-state index contributed by atoms with van der Waals surface area (Å²) in [6.45, 7) is 1.76. The van der Waals surface area contributed by atoms with E-state index in [0.29, 0.717) is 23.7 Å². The number of anilines is 1. The van der Waals surface area contributed by atoms with Crippen LogP contribution in [0, 0.1) is 6.92 Å². The molecule has 20 heavy (non-hydrogen) atoms. The van der Waals surface area contributed by atoms with Gasteiger partial charge in [-0.05, 0) is 31.9 Å². The highest BCUT2D eigenvalue weighted by Crippen LogP contribution is 2.18. The number of nitrogens with zero attached hydrogens (tertiary/aromatic N) is 1. The molecule has 7 heteroatoms. The van der Waals surface area contributed by atoms with Crippen LogP contribution in [0.2, 0.25) is 0 Å². The van der Waals surface area contributed by atoms with Gasteiger partial charge in [-0.15, -0.1) is 11.3 Å². The van der Waals surface area contributed by atoms with E-state index >= 15 is 0 Å². The molecule has 0 saturated carbocycles. The molecule has 0 aliphatic heterocycles. The predicted octanol–water partition coefficient (Wildman–Crippen LogP) is 2.70. The Kier molecular flexibility index (Phi) is 4.52. The zero-order valence-corrected chi connectivity index (χ0v) is 11.7. The van der Waals surface area contributed by atoms with Gasteiger partial charge in [-0.3, -0.25) is 14.9 Å². The summed E-state index contributed by atoms with van der Waals surface area (Å²) < 4.78 is 5.22. The normalized spacial score (nSPS) is 10.4. The molecule has 0 aromatic carbocycles. The second kappa shape index (κ2) is 6.33. The zero-order chi connectivity index (χ0) is 14.5. The first-order valence-electron chi connectivity index (χ1n) is 6.08. The standard InChI is InChI=1S/C13H14N2O4S/c1-8-5-6-10(19-8)12(18)15-13-14-9(7-20-13)3-2-4-11(16)17/h5-7H,2-4H2,1H3,(H,16,17)(H,14,15,18). The van der Waals surface area contributed by atoms with Crippen LogP contribution in [0.4, 0.5) is 5.13 Å². The average Bonchev–Trinajstić information content (AvgIpc) is 2.98. The first-order chi connectivity index (χ1) is 9.54. The molecule has 0 aliphatic rings. The number of hydrogen-bond donors (Lipinski definition) is 2. The van der Waals surface area contributed by atoms with E-state index in [0.717, 1.165) is 5.69 Å². The van der Waals surface area contributed by atoms with Crippen molar-refractivity contribution in [3.05, 3.63) is 34.7 Å². The molecule has 0 bridgehead atoms. The lowest BCUT2D eigenvalue weighted by Crippen LogP contribution is -2.10. The molecule has 2 N–H and O–H groups in total. The van der Waals surface area contributed by atoms with Crippen LogP contribution < -0.4 is 5.32 Å². The molecule has 0 atom stereocenters. The fraction of sp³-hybridized carbons (Fsp3) is 0.308. The molecule has 106 valence electrons. The molecule has 2 aromatic heterocycles. The van der Waals surface area contributed by atoms with E-state index in [1.54, 1.807) is 19.1 Å². The number of nitrogens with one attached hydrogen (secondary N) is 1. The highest BCUT2D eigenvalue weighted by atomic mass is 32.1. The summed E-state index contributed by atoms with van der Waals surface area (Å²) in [6.07, 6.45) is 1.23. The molecular weight excluding hydrogens is 280 g/mol. The molecule has 0 aliphatic carbocycles. The van der Waals surface area contributed by atoms with Gasteiger partial charge in [0.15, 0.2) is 10.9 Å². The molecule has 0 fully saturated rings. The van der Waals surface area contributed by atoms with Crippen molar-refractivity contribution in [2.24, 2.45) is 0 Å². The van der Waals surface area contributed by atoms with E-state index in [4.69, 9.17) is 9.52 Å². The van der Waals surface area contributed by atoms with Crippen LogP contribution >= 0.6 is 11.3 Å². The topological polar surface area (TPSA) is 92.4 Å². The van der Waals surface area contributed by atoms with Gasteiger partial charge in [0.25, 0.3) is 5.91 Å². The molecule has 6 nitrogen and oxygen atoms in total. The minimum Gasteiger partial charge on any atom is -0.481 e. The Morgan fingerprint density at radius 2 is 2.25 bits per heavy atom. The maximum atomic E-state index is 11.8. The van der Waals surface area contributed by atoms with Gasteiger partial charge >= 0.3 is 5.97 Å². The lowest BCUT2D eigenvalue weighted by molar-refractivity contribution is -0.137. The first kappa shape index (κ1) is 14.3. The lowest BCUT2D eigenvalue weighted by atomic mass is 10.2. The van der Waals surface area contributed by atoms with Crippen molar-refractivity contribution in [2.75, 3.05) is 5.32 Å². The molecule has 1 amide bonds. The van der Waals surface area contributed by atoms with Crippen LogP contribution in [0.15, 0.2) is 21.9 Å². The monoisotopic (exact) mass is 294 g/mol. The van der Waals surface area contributed by atoms with Crippen LogP contribution in [-0.4, -0.2) is 22.0 Å². The largest absolute Gasteiger partial charge is 0.481 e. The van der Waals surface area contributed by atoms with Gasteiger partial charge in [-0.2, -0.15) is 0 Å². The van der Waals surface area contributed by atoms with Crippen molar-refractivity contribution in [3.63, 3.8) is 0 Å². The van der Waals surface area contributed by atoms with Crippen LogP contribution in [0.5, 0.6) is 0 Å². The number of carboxylic acid groups (broad SMARTS) is 1. The number of carbonyl (C=O) groups excluding carboxylic acids is 1. The van der Waals surface area contributed by atoms with Gasteiger partial charge in [0, 0.05) is 11.8 Å². The number of aromatic nitrogens is 1. The molecule has 0 unspecified atom stereocenters. The summed E-state index contributed by atoms with van der Waals surface area (Å²) >= 11 is 1.31. The highest BCUT2D eigenvalue weighted by molar-refractivity contribution is 7.13. The summed E-state index contributed by atoms with van der Waals surface area (Å²) in [4.78, 5) is 26.5. The van der Waals surface area contributed by atoms with Gasteiger partial charge in [-0.1, -0.05) is 0 Å². The number of carbonyl (C=O) groups is 2. The molecule has 2 rings (SSSR count). The SMILES string of the molecule is Cc1ccc(C(=O)Nc2nc(CCCC(=O)O)cs2)o1. The Hall–Kier alpha value is -2.15. The Labute approximate surface area is 119 Å². The van der Waals surface area contributed by atoms with Gasteiger partial charge in [0.1, 0.15) is 5.76 Å². The summed E-state index contributed by atoms with van der Waals surface area (Å²) in [5.74, 6) is -0.250. The maximum absolute atomic E-state index is 11.8. The molecule has 0 saturated heterocycles. The van der Waals surface area contributed by atoms with Gasteiger partial charge in [0.2, 0.25) is 0 Å². The number of carboxylic acids is 1. The predicted molar refractivity (Wildman–Crippen MR) is 74.1 cm³/mol. The smallest absolute Gasteiger partial charge is 0.303 e. The van der Waals surface area contributed by atoms with Crippen molar-refractivity contribution < 1.29 is 19.1 Å². The quantitative estimate of drug-likeness (QED) is 0.854. The van der Waals surface area contributed by atoms with E-state index in [9.17, 15) is 9.59 Å². The number of rotatable bonds is 6. The number of aryl methyl sites for hydroxylation is 2. The van der Waals surface area contributed by atoms with E-state index in [-0.39, 0.29) is 18.1 Å². The molecule has 2 aromatic rings. The van der Waals surface area contributed by atoms with Crippen molar-refractivity contribution in [1.82, 2.24) is 4.98 Å². The summed E-state index contributed by atoms with van der Waals surface area (Å²) in [5.41, 5.74) is 0.780. The van der Waals surface area contributed by atoms with Crippen LogP contribution in [-0.2, 0) is 11.2 Å². The highest BCUT2D eigenvalue weighted by Gasteiger charge is 2.12. The van der Waals surface area contributed by atoms with Crippen LogP contribution in [0.25, 0.3) is 0 Å². The van der Waals surface area contributed by atoms with Crippen molar-refractivity contribution >= 4 is 28.3 Å². The van der Waals surface area contributed by atoms with Crippen LogP contribution in [0.3, 0.4) is 0 Å². The van der Waals surface area contributed by atoms with E-state index in [2.05, 4.69) is 10.3 Å². The van der Waals surface area contributed by atoms with E-state index in [1.165, 1.54) is 11.3 Å². The molecule has 0 spiro atoms. The van der Waals surface area contributed by atoms with Crippen molar-refractivity contribution in [2.45, 2.75) is 26.2 Å². The maximum Gasteiger partial charge on any atom is 0.303 e. The van der Waals surface area contributed by atoms with Crippen LogP contribution in [0.1, 0.15) is 34.9 Å². The lowest BCUT2D eigenvalue weighted by Gasteiger charge is -1.97. The molecule has 0 radical (unpaired) electrons. The van der Waals surface area contributed by atoms with Crippen molar-refractivity contribution in [1.29, 1.82) is 0 Å².